The molecule has 2 aliphatic heterocycles. The van der Waals surface area contributed by atoms with Gasteiger partial charge in [-0.05, 0) is 56.3 Å². The van der Waals surface area contributed by atoms with Crippen molar-refractivity contribution in [2.45, 2.75) is 57.0 Å². The van der Waals surface area contributed by atoms with Gasteiger partial charge in [0.15, 0.2) is 0 Å². The van der Waals surface area contributed by atoms with E-state index in [1.165, 1.54) is 19.3 Å². The predicted molar refractivity (Wildman–Crippen MR) is 83.6 cm³/mol. The summed E-state index contributed by atoms with van der Waals surface area (Å²) in [5.41, 5.74) is -0.390. The maximum absolute atomic E-state index is 13.3. The maximum atomic E-state index is 13.3. The van der Waals surface area contributed by atoms with E-state index in [4.69, 9.17) is 4.74 Å². The Morgan fingerprint density at radius 2 is 1.61 bits per heavy atom. The van der Waals surface area contributed by atoms with Crippen LogP contribution in [-0.4, -0.2) is 42.1 Å². The molecule has 2 saturated heterocycles. The van der Waals surface area contributed by atoms with Crippen molar-refractivity contribution >= 4 is 12.0 Å². The number of rotatable bonds is 1. The van der Waals surface area contributed by atoms with Gasteiger partial charge < -0.3 is 15.0 Å². The zero-order chi connectivity index (χ0) is 15.7. The Kier molecular flexibility index (Phi) is 2.85. The highest BCUT2D eigenvalue weighted by Gasteiger charge is 2.56. The van der Waals surface area contributed by atoms with Crippen molar-refractivity contribution in [3.05, 3.63) is 0 Å². The molecular weight excluding hydrogens is 292 g/mol. The number of carbonyl (C=O) groups is 2. The van der Waals surface area contributed by atoms with Gasteiger partial charge in [-0.15, -0.1) is 0 Å². The lowest BCUT2D eigenvalue weighted by Crippen LogP contribution is -2.57. The van der Waals surface area contributed by atoms with Gasteiger partial charge in [-0.25, -0.2) is 4.79 Å². The number of ether oxygens (including phenoxy) is 1. The second-order valence-electron chi connectivity index (χ2n) is 8.92. The highest BCUT2D eigenvalue weighted by Crippen LogP contribution is 2.60. The summed E-state index contributed by atoms with van der Waals surface area (Å²) in [4.78, 5) is 26.8. The lowest BCUT2D eigenvalue weighted by atomic mass is 9.49. The molecule has 5 nitrogen and oxygen atoms in total. The molecule has 126 valence electrons. The number of piperidine rings is 1. The third kappa shape index (κ3) is 2.11. The summed E-state index contributed by atoms with van der Waals surface area (Å²) in [6.45, 7) is 2.09. The zero-order valence-electron chi connectivity index (χ0n) is 13.7. The predicted octanol–water partition coefficient (Wildman–Crippen LogP) is 2.30. The van der Waals surface area contributed by atoms with Gasteiger partial charge in [0.1, 0.15) is 5.60 Å². The van der Waals surface area contributed by atoms with Gasteiger partial charge in [0.2, 0.25) is 5.91 Å². The number of nitrogens with one attached hydrogen (secondary N) is 1. The summed E-state index contributed by atoms with van der Waals surface area (Å²) in [6.07, 6.45) is 8.78. The maximum Gasteiger partial charge on any atom is 0.407 e. The molecule has 4 bridgehead atoms. The SMILES string of the molecule is O=C1NCC2(CCN(C(=O)C34CC5CC(CC(C5)C3)C4)CC2)O1. The molecule has 4 saturated carbocycles. The summed E-state index contributed by atoms with van der Waals surface area (Å²) in [7, 11) is 0. The van der Waals surface area contributed by atoms with Crippen molar-refractivity contribution in [3.8, 4) is 0 Å². The van der Waals surface area contributed by atoms with Crippen LogP contribution in [0.15, 0.2) is 0 Å². The van der Waals surface area contributed by atoms with E-state index in [0.29, 0.717) is 12.5 Å². The number of amides is 2. The first kappa shape index (κ1) is 14.1. The van der Waals surface area contributed by atoms with E-state index in [1.54, 1.807) is 0 Å². The minimum absolute atomic E-state index is 0.0378. The molecule has 0 aromatic carbocycles. The molecule has 6 fully saturated rings. The number of carbonyl (C=O) groups excluding carboxylic acids is 2. The third-order valence-electron chi connectivity index (χ3n) is 7.32. The first-order chi connectivity index (χ1) is 11.1. The van der Waals surface area contributed by atoms with Crippen LogP contribution in [0.1, 0.15) is 51.4 Å². The molecular formula is C18H26N2O3. The number of likely N-dealkylation sites (tertiary alicyclic amines) is 1. The molecule has 23 heavy (non-hydrogen) atoms. The van der Waals surface area contributed by atoms with Gasteiger partial charge >= 0.3 is 6.09 Å². The molecule has 5 heteroatoms. The first-order valence-electron chi connectivity index (χ1n) is 9.32. The Hall–Kier alpha value is -1.26. The minimum Gasteiger partial charge on any atom is -0.441 e. The highest BCUT2D eigenvalue weighted by atomic mass is 16.6. The van der Waals surface area contributed by atoms with E-state index < -0.39 is 0 Å². The molecule has 6 rings (SSSR count). The van der Waals surface area contributed by atoms with E-state index in [1.807, 2.05) is 0 Å². The van der Waals surface area contributed by atoms with E-state index in [2.05, 4.69) is 10.2 Å². The standard InChI is InChI=1S/C18H26N2O3/c21-15(17-8-12-5-13(9-17)7-14(6-12)10-17)20-3-1-18(2-4-20)11-19-16(22)23-18/h12-14H,1-11H2,(H,19,22). The lowest BCUT2D eigenvalue weighted by molar-refractivity contribution is -0.160. The minimum atomic E-state index is -0.352. The topological polar surface area (TPSA) is 58.6 Å². The fourth-order valence-corrected chi connectivity index (χ4v) is 6.61. The molecule has 6 aliphatic rings. The van der Waals surface area contributed by atoms with E-state index in [-0.39, 0.29) is 17.1 Å². The Morgan fingerprint density at radius 3 is 2.09 bits per heavy atom. The summed E-state index contributed by atoms with van der Waals surface area (Å²) in [5, 5.41) is 2.77. The first-order valence-corrected chi connectivity index (χ1v) is 9.32. The van der Waals surface area contributed by atoms with Crippen molar-refractivity contribution in [2.24, 2.45) is 23.2 Å². The molecule has 0 aromatic heterocycles. The van der Waals surface area contributed by atoms with Crippen LogP contribution in [0.3, 0.4) is 0 Å². The van der Waals surface area contributed by atoms with Crippen LogP contribution in [0, 0.1) is 23.2 Å². The van der Waals surface area contributed by atoms with E-state index in [9.17, 15) is 9.59 Å². The summed E-state index contributed by atoms with van der Waals surface area (Å²) < 4.78 is 5.48. The van der Waals surface area contributed by atoms with Crippen molar-refractivity contribution in [1.29, 1.82) is 0 Å². The van der Waals surface area contributed by atoms with Gasteiger partial charge in [-0.1, -0.05) is 0 Å². The van der Waals surface area contributed by atoms with E-state index in [0.717, 1.165) is 62.9 Å². The van der Waals surface area contributed by atoms with Crippen LogP contribution in [-0.2, 0) is 9.53 Å². The van der Waals surface area contributed by atoms with Crippen molar-refractivity contribution in [1.82, 2.24) is 10.2 Å². The summed E-state index contributed by atoms with van der Waals surface area (Å²) in [5.74, 6) is 2.84. The highest BCUT2D eigenvalue weighted by molar-refractivity contribution is 5.83. The zero-order valence-corrected chi connectivity index (χ0v) is 13.7. The van der Waals surface area contributed by atoms with E-state index >= 15 is 0 Å². The largest absolute Gasteiger partial charge is 0.441 e. The smallest absolute Gasteiger partial charge is 0.407 e. The molecule has 2 heterocycles. The molecule has 0 unspecified atom stereocenters. The number of nitrogens with zero attached hydrogens (tertiary/aromatic N) is 1. The molecule has 0 aromatic rings. The van der Waals surface area contributed by atoms with Crippen LogP contribution in [0.2, 0.25) is 0 Å². The second kappa shape index (κ2) is 4.64. The van der Waals surface area contributed by atoms with Gasteiger partial charge in [0.25, 0.3) is 0 Å². The van der Waals surface area contributed by atoms with Gasteiger partial charge in [0, 0.05) is 25.9 Å². The fraction of sp³-hybridized carbons (Fsp3) is 0.889. The Labute approximate surface area is 137 Å². The number of alkyl carbamates (subject to hydrolysis) is 1. The Balaban J connectivity index is 1.30. The number of hydrogen-bond donors (Lipinski definition) is 1. The van der Waals surface area contributed by atoms with Crippen LogP contribution in [0.4, 0.5) is 4.79 Å². The molecule has 2 amide bonds. The normalized spacial score (nSPS) is 43.6. The van der Waals surface area contributed by atoms with Crippen LogP contribution in [0.5, 0.6) is 0 Å². The van der Waals surface area contributed by atoms with Crippen LogP contribution < -0.4 is 5.32 Å². The van der Waals surface area contributed by atoms with Crippen LogP contribution in [0.25, 0.3) is 0 Å². The second-order valence-corrected chi connectivity index (χ2v) is 8.92. The Morgan fingerprint density at radius 1 is 1.04 bits per heavy atom. The van der Waals surface area contributed by atoms with Gasteiger partial charge in [0.05, 0.1) is 12.0 Å². The number of hydrogen-bond acceptors (Lipinski definition) is 3. The lowest BCUT2D eigenvalue weighted by Gasteiger charge is -2.57. The molecule has 0 atom stereocenters. The molecule has 1 spiro atoms. The van der Waals surface area contributed by atoms with Gasteiger partial charge in [-0.2, -0.15) is 0 Å². The Bertz CT molecular complexity index is 515. The quantitative estimate of drug-likeness (QED) is 0.807. The van der Waals surface area contributed by atoms with Crippen molar-refractivity contribution in [2.75, 3.05) is 19.6 Å². The van der Waals surface area contributed by atoms with Crippen molar-refractivity contribution < 1.29 is 14.3 Å². The average molecular weight is 318 g/mol. The van der Waals surface area contributed by atoms with Crippen molar-refractivity contribution in [3.63, 3.8) is 0 Å². The monoisotopic (exact) mass is 318 g/mol. The third-order valence-corrected chi connectivity index (χ3v) is 7.32. The summed E-state index contributed by atoms with van der Waals surface area (Å²) >= 11 is 0. The van der Waals surface area contributed by atoms with Gasteiger partial charge in [-0.3, -0.25) is 4.79 Å². The molecule has 1 N–H and O–H groups in total. The molecule has 4 aliphatic carbocycles. The van der Waals surface area contributed by atoms with Crippen LogP contribution >= 0.6 is 0 Å². The average Bonchev–Trinajstić information content (AvgIpc) is 2.87. The summed E-state index contributed by atoms with van der Waals surface area (Å²) in [6, 6.07) is 0. The fourth-order valence-electron chi connectivity index (χ4n) is 6.61. The molecule has 0 radical (unpaired) electrons.